The predicted octanol–water partition coefficient (Wildman–Crippen LogP) is 2.98. The van der Waals surface area contributed by atoms with Gasteiger partial charge in [-0.3, -0.25) is 4.98 Å². The Morgan fingerprint density at radius 2 is 2.25 bits per heavy atom. The molecule has 0 aliphatic heterocycles. The lowest BCUT2D eigenvalue weighted by atomic mass is 9.72. The van der Waals surface area contributed by atoms with Crippen molar-refractivity contribution < 1.29 is 0 Å². The van der Waals surface area contributed by atoms with Gasteiger partial charge in [-0.05, 0) is 37.5 Å². The van der Waals surface area contributed by atoms with E-state index in [0.29, 0.717) is 0 Å². The Kier molecular flexibility index (Phi) is 2.76. The first-order valence-electron chi connectivity index (χ1n) is 6.41. The van der Waals surface area contributed by atoms with Crippen molar-refractivity contribution in [2.24, 2.45) is 17.6 Å². The normalized spacial score (nSPS) is 35.2. The van der Waals surface area contributed by atoms with Crippen LogP contribution in [0.5, 0.6) is 0 Å². The van der Waals surface area contributed by atoms with Crippen molar-refractivity contribution in [3.05, 3.63) is 16.6 Å². The fraction of sp³-hybridized carbons (Fsp3) is 0.769. The molecule has 0 bridgehead atoms. The lowest BCUT2D eigenvalue weighted by molar-refractivity contribution is 0.205. The second kappa shape index (κ2) is 4.11. The topological polar surface area (TPSA) is 38.9 Å². The highest BCUT2D eigenvalue weighted by Gasteiger charge is 2.40. The molecule has 2 aliphatic rings. The molecule has 1 aromatic heterocycles. The van der Waals surface area contributed by atoms with Gasteiger partial charge in [0.1, 0.15) is 0 Å². The third-order valence-corrected chi connectivity index (χ3v) is 5.00. The fourth-order valence-corrected chi connectivity index (χ4v) is 4.00. The molecule has 2 aliphatic carbocycles. The summed E-state index contributed by atoms with van der Waals surface area (Å²) in [6, 6.07) is 0. The summed E-state index contributed by atoms with van der Waals surface area (Å²) in [6.45, 7) is 0. The van der Waals surface area contributed by atoms with Gasteiger partial charge >= 0.3 is 0 Å². The Morgan fingerprint density at radius 3 is 2.94 bits per heavy atom. The molecule has 2 saturated carbocycles. The van der Waals surface area contributed by atoms with E-state index in [1.807, 2.05) is 11.7 Å². The molecule has 2 atom stereocenters. The summed E-state index contributed by atoms with van der Waals surface area (Å²) in [7, 11) is 0. The number of hydrogen-bond acceptors (Lipinski definition) is 3. The van der Waals surface area contributed by atoms with E-state index in [1.54, 1.807) is 11.3 Å². The van der Waals surface area contributed by atoms with Crippen LogP contribution in [0.25, 0.3) is 0 Å². The maximum atomic E-state index is 6.59. The third-order valence-electron chi connectivity index (χ3n) is 4.22. The van der Waals surface area contributed by atoms with Crippen LogP contribution >= 0.6 is 11.3 Å². The van der Waals surface area contributed by atoms with E-state index in [1.165, 1.54) is 43.4 Å². The standard InChI is InChI=1S/C13H20N2S/c14-13(7-12-8-15-9-16-12)5-1-2-11(6-13)10-3-4-10/h8-11H,1-7,14H2. The van der Waals surface area contributed by atoms with Crippen molar-refractivity contribution in [1.29, 1.82) is 0 Å². The number of thiazole rings is 1. The van der Waals surface area contributed by atoms with Gasteiger partial charge < -0.3 is 5.73 Å². The molecule has 88 valence electrons. The predicted molar refractivity (Wildman–Crippen MR) is 67.4 cm³/mol. The average molecular weight is 236 g/mol. The molecule has 0 aromatic carbocycles. The van der Waals surface area contributed by atoms with Gasteiger partial charge in [-0.15, -0.1) is 11.3 Å². The van der Waals surface area contributed by atoms with Gasteiger partial charge in [-0.1, -0.05) is 12.8 Å². The maximum Gasteiger partial charge on any atom is 0.0794 e. The van der Waals surface area contributed by atoms with Crippen LogP contribution in [0.2, 0.25) is 0 Å². The Bertz CT molecular complexity index is 345. The third kappa shape index (κ3) is 2.30. The van der Waals surface area contributed by atoms with Gasteiger partial charge in [0.15, 0.2) is 0 Å². The monoisotopic (exact) mass is 236 g/mol. The number of rotatable bonds is 3. The molecule has 1 heterocycles. The Balaban J connectivity index is 1.66. The van der Waals surface area contributed by atoms with E-state index in [-0.39, 0.29) is 5.54 Å². The number of nitrogens with zero attached hydrogens (tertiary/aromatic N) is 1. The van der Waals surface area contributed by atoms with Gasteiger partial charge in [-0.2, -0.15) is 0 Å². The summed E-state index contributed by atoms with van der Waals surface area (Å²) in [6.07, 6.45) is 11.1. The molecular formula is C13H20N2S. The minimum absolute atomic E-state index is 0.0675. The molecular weight excluding hydrogens is 216 g/mol. The van der Waals surface area contributed by atoms with Crippen molar-refractivity contribution in [3.8, 4) is 0 Å². The number of nitrogens with two attached hydrogens (primary N) is 1. The highest BCUT2D eigenvalue weighted by molar-refractivity contribution is 7.09. The van der Waals surface area contributed by atoms with Crippen molar-refractivity contribution in [3.63, 3.8) is 0 Å². The van der Waals surface area contributed by atoms with E-state index in [4.69, 9.17) is 5.73 Å². The highest BCUT2D eigenvalue weighted by atomic mass is 32.1. The first kappa shape index (κ1) is 10.7. The van der Waals surface area contributed by atoms with Crippen LogP contribution in [0.1, 0.15) is 43.4 Å². The van der Waals surface area contributed by atoms with E-state index in [9.17, 15) is 0 Å². The molecule has 3 heteroatoms. The van der Waals surface area contributed by atoms with Gasteiger partial charge in [0, 0.05) is 23.0 Å². The molecule has 2 fully saturated rings. The first-order valence-corrected chi connectivity index (χ1v) is 7.29. The van der Waals surface area contributed by atoms with Gasteiger partial charge in [-0.25, -0.2) is 0 Å². The van der Waals surface area contributed by atoms with Crippen LogP contribution in [0.4, 0.5) is 0 Å². The summed E-state index contributed by atoms with van der Waals surface area (Å²) in [4.78, 5) is 5.51. The summed E-state index contributed by atoms with van der Waals surface area (Å²) >= 11 is 1.75. The molecule has 3 rings (SSSR count). The van der Waals surface area contributed by atoms with Gasteiger partial charge in [0.05, 0.1) is 5.51 Å². The molecule has 0 radical (unpaired) electrons. The zero-order chi connectivity index (χ0) is 11.0. The molecule has 0 spiro atoms. The van der Waals surface area contributed by atoms with Crippen LogP contribution in [0.3, 0.4) is 0 Å². The lowest BCUT2D eigenvalue weighted by Crippen LogP contribution is -2.46. The Labute approximate surface area is 101 Å². The van der Waals surface area contributed by atoms with Crippen molar-refractivity contribution in [1.82, 2.24) is 4.98 Å². The SMILES string of the molecule is NC1(Cc2cncs2)CCCC(C2CC2)C1. The van der Waals surface area contributed by atoms with Crippen LogP contribution in [0.15, 0.2) is 11.7 Å². The molecule has 2 N–H and O–H groups in total. The molecule has 2 unspecified atom stereocenters. The molecule has 0 saturated heterocycles. The van der Waals surface area contributed by atoms with Crippen LogP contribution in [0, 0.1) is 11.8 Å². The van der Waals surface area contributed by atoms with Crippen molar-refractivity contribution >= 4 is 11.3 Å². The second-order valence-corrected chi connectivity index (χ2v) is 6.67. The molecule has 2 nitrogen and oxygen atoms in total. The quantitative estimate of drug-likeness (QED) is 0.876. The van der Waals surface area contributed by atoms with Crippen LogP contribution in [-0.2, 0) is 6.42 Å². The van der Waals surface area contributed by atoms with Crippen molar-refractivity contribution in [2.45, 2.75) is 50.5 Å². The van der Waals surface area contributed by atoms with E-state index >= 15 is 0 Å². The number of aromatic nitrogens is 1. The Morgan fingerprint density at radius 1 is 1.38 bits per heavy atom. The highest BCUT2D eigenvalue weighted by Crippen LogP contribution is 2.46. The van der Waals surface area contributed by atoms with E-state index in [0.717, 1.165) is 18.3 Å². The van der Waals surface area contributed by atoms with Gasteiger partial charge in [0.25, 0.3) is 0 Å². The minimum atomic E-state index is 0.0675. The summed E-state index contributed by atoms with van der Waals surface area (Å²) in [5, 5.41) is 0. The lowest BCUT2D eigenvalue weighted by Gasteiger charge is -2.38. The Hall–Kier alpha value is -0.410. The zero-order valence-electron chi connectivity index (χ0n) is 9.69. The zero-order valence-corrected chi connectivity index (χ0v) is 10.5. The maximum absolute atomic E-state index is 6.59. The van der Waals surface area contributed by atoms with Crippen LogP contribution in [-0.4, -0.2) is 10.5 Å². The first-order chi connectivity index (χ1) is 7.75. The summed E-state index contributed by atoms with van der Waals surface area (Å²) in [5.41, 5.74) is 8.57. The second-order valence-electron chi connectivity index (χ2n) is 5.70. The van der Waals surface area contributed by atoms with Gasteiger partial charge in [0.2, 0.25) is 0 Å². The van der Waals surface area contributed by atoms with E-state index < -0.39 is 0 Å². The molecule has 1 aromatic rings. The van der Waals surface area contributed by atoms with E-state index in [2.05, 4.69) is 4.98 Å². The molecule has 16 heavy (non-hydrogen) atoms. The molecule has 0 amide bonds. The average Bonchev–Trinajstić information content (AvgIpc) is 2.99. The smallest absolute Gasteiger partial charge is 0.0794 e. The summed E-state index contributed by atoms with van der Waals surface area (Å²) in [5.74, 6) is 1.94. The number of hydrogen-bond donors (Lipinski definition) is 1. The van der Waals surface area contributed by atoms with Crippen molar-refractivity contribution in [2.75, 3.05) is 0 Å². The summed E-state index contributed by atoms with van der Waals surface area (Å²) < 4.78 is 0. The largest absolute Gasteiger partial charge is 0.325 e. The van der Waals surface area contributed by atoms with Crippen LogP contribution < -0.4 is 5.73 Å². The minimum Gasteiger partial charge on any atom is -0.325 e. The fourth-order valence-electron chi connectivity index (χ4n) is 3.25.